The number of benzene rings is 4. The van der Waals surface area contributed by atoms with Crippen LogP contribution >= 0.6 is 0 Å². The number of aromatic hydroxyl groups is 1. The van der Waals surface area contributed by atoms with Crippen LogP contribution in [0.4, 0.5) is 0 Å². The molecule has 0 aromatic heterocycles. The fraction of sp³-hybridized carbons (Fsp3) is 0.220. The van der Waals surface area contributed by atoms with Crippen LogP contribution in [0, 0.1) is 23.7 Å². The van der Waals surface area contributed by atoms with Crippen LogP contribution in [0.3, 0.4) is 0 Å². The largest absolute Gasteiger partial charge is 0.508 e. The first-order valence-electron chi connectivity index (χ1n) is 16.2. The van der Waals surface area contributed by atoms with Crippen molar-refractivity contribution in [3.05, 3.63) is 155 Å². The maximum absolute atomic E-state index is 15.0. The molecule has 2 amide bonds. The number of hydrogen-bond acceptors (Lipinski definition) is 5. The van der Waals surface area contributed by atoms with Crippen LogP contribution in [0.5, 0.6) is 5.75 Å². The Balaban J connectivity index is 1.33. The summed E-state index contributed by atoms with van der Waals surface area (Å²) < 4.78 is 0. The monoisotopic (exact) mass is 619 g/mol. The number of nitrogens with zero attached hydrogens (tertiary/aromatic N) is 1. The summed E-state index contributed by atoms with van der Waals surface area (Å²) in [5, 5.41) is 11.4. The Labute approximate surface area is 273 Å². The number of likely N-dealkylation sites (tertiary alicyclic amines) is 1. The molecule has 1 N–H and O–H groups in total. The van der Waals surface area contributed by atoms with Crippen LogP contribution < -0.4 is 0 Å². The first-order chi connectivity index (χ1) is 22.9. The zero-order valence-electron chi connectivity index (χ0n) is 25.7. The van der Waals surface area contributed by atoms with Crippen molar-refractivity contribution in [1.29, 1.82) is 0 Å². The summed E-state index contributed by atoms with van der Waals surface area (Å²) in [7, 11) is 0. The number of amides is 2. The van der Waals surface area contributed by atoms with Crippen molar-refractivity contribution in [2.45, 2.75) is 30.7 Å². The summed E-state index contributed by atoms with van der Waals surface area (Å²) in [6.45, 7) is 0.187. The molecule has 3 aliphatic carbocycles. The first kappa shape index (κ1) is 29.1. The van der Waals surface area contributed by atoms with Crippen molar-refractivity contribution in [3.63, 3.8) is 0 Å². The lowest BCUT2D eigenvalue weighted by atomic mass is 9.44. The van der Waals surface area contributed by atoms with Crippen LogP contribution in [-0.4, -0.2) is 33.4 Å². The van der Waals surface area contributed by atoms with Crippen molar-refractivity contribution in [2.75, 3.05) is 0 Å². The molecule has 0 radical (unpaired) electrons. The number of phenolic OH excluding ortho intramolecular Hbond substituents is 1. The van der Waals surface area contributed by atoms with Gasteiger partial charge in [0.15, 0.2) is 11.6 Å². The number of Topliss-reactive ketones (excluding diaryl/α,β-unsaturated/α-hetero) is 1. The van der Waals surface area contributed by atoms with Gasteiger partial charge in [-0.25, -0.2) is 0 Å². The van der Waals surface area contributed by atoms with Crippen molar-refractivity contribution < 1.29 is 24.3 Å². The van der Waals surface area contributed by atoms with E-state index in [4.69, 9.17) is 0 Å². The number of carbonyl (C=O) groups is 4. The van der Waals surface area contributed by atoms with Gasteiger partial charge in [-0.3, -0.25) is 24.1 Å². The highest BCUT2D eigenvalue weighted by Crippen LogP contribution is 2.64. The summed E-state index contributed by atoms with van der Waals surface area (Å²) in [5.74, 6) is -4.04. The van der Waals surface area contributed by atoms with Gasteiger partial charge in [0, 0.05) is 23.0 Å². The van der Waals surface area contributed by atoms with E-state index in [1.54, 1.807) is 12.1 Å². The summed E-state index contributed by atoms with van der Waals surface area (Å²) in [5.41, 5.74) is 2.59. The van der Waals surface area contributed by atoms with E-state index in [-0.39, 0.29) is 42.1 Å². The number of imide groups is 1. The van der Waals surface area contributed by atoms with Gasteiger partial charge in [-0.2, -0.15) is 0 Å². The van der Waals surface area contributed by atoms with E-state index in [0.29, 0.717) is 28.7 Å². The molecule has 6 nitrogen and oxygen atoms in total. The third-order valence-electron chi connectivity index (χ3n) is 10.9. The highest BCUT2D eigenvalue weighted by molar-refractivity contribution is 6.31. The number of allylic oxidation sites excluding steroid dienone is 4. The molecule has 6 unspecified atom stereocenters. The average molecular weight is 620 g/mol. The smallest absolute Gasteiger partial charge is 0.234 e. The minimum Gasteiger partial charge on any atom is -0.508 e. The summed E-state index contributed by atoms with van der Waals surface area (Å²) in [6, 6.07) is 35.1. The molecule has 4 aromatic carbocycles. The molecule has 4 aromatic rings. The predicted molar refractivity (Wildman–Crippen MR) is 177 cm³/mol. The van der Waals surface area contributed by atoms with E-state index in [2.05, 4.69) is 0 Å². The second-order valence-electron chi connectivity index (χ2n) is 13.1. The van der Waals surface area contributed by atoms with Gasteiger partial charge in [0.2, 0.25) is 11.8 Å². The lowest BCUT2D eigenvalue weighted by Crippen LogP contribution is -2.58. The van der Waals surface area contributed by atoms with Gasteiger partial charge in [0.1, 0.15) is 5.75 Å². The van der Waals surface area contributed by atoms with Gasteiger partial charge < -0.3 is 5.11 Å². The number of para-hydroxylation sites is 1. The Morgan fingerprint density at radius 3 is 2.06 bits per heavy atom. The van der Waals surface area contributed by atoms with Gasteiger partial charge >= 0.3 is 0 Å². The van der Waals surface area contributed by atoms with Crippen LogP contribution in [0.1, 0.15) is 41.0 Å². The molecule has 1 aliphatic heterocycles. The van der Waals surface area contributed by atoms with E-state index in [1.165, 1.54) is 11.0 Å². The normalized spacial score (nSPS) is 28.3. The molecule has 0 bridgehead atoms. The summed E-state index contributed by atoms with van der Waals surface area (Å²) in [6.07, 6.45) is 4.10. The molecule has 0 spiro atoms. The minimum atomic E-state index is -1.36. The fourth-order valence-corrected chi connectivity index (χ4v) is 8.94. The molecule has 1 heterocycles. The Kier molecular flexibility index (Phi) is 6.90. The number of hydrogen-bond donors (Lipinski definition) is 1. The van der Waals surface area contributed by atoms with Crippen molar-refractivity contribution in [2.24, 2.45) is 23.7 Å². The number of ketones is 2. The Bertz CT molecular complexity index is 1980. The first-order valence-corrected chi connectivity index (χ1v) is 16.2. The predicted octanol–water partition coefficient (Wildman–Crippen LogP) is 6.42. The molecule has 47 heavy (non-hydrogen) atoms. The van der Waals surface area contributed by atoms with Gasteiger partial charge in [-0.15, -0.1) is 0 Å². The second kappa shape index (κ2) is 11.2. The lowest BCUT2D eigenvalue weighted by Gasteiger charge is -2.55. The number of phenols is 1. The van der Waals surface area contributed by atoms with Crippen LogP contribution in [0.15, 0.2) is 133 Å². The van der Waals surface area contributed by atoms with E-state index in [1.807, 2.05) is 109 Å². The van der Waals surface area contributed by atoms with Crippen LogP contribution in [0.2, 0.25) is 0 Å². The average Bonchev–Trinajstić information content (AvgIpc) is 3.35. The molecule has 2 fully saturated rings. The Morgan fingerprint density at radius 2 is 1.36 bits per heavy atom. The molecule has 1 saturated heterocycles. The highest BCUT2D eigenvalue weighted by atomic mass is 16.3. The SMILES string of the molecule is O=C1C(c2ccccc2)=CC(=O)C2(c3ccccc3)C1CC1C(=CCC3C(=O)N(Cc4ccccc4)C(=O)C31)C2c1ccccc1O. The number of carbonyl (C=O) groups excluding carboxylic acids is 4. The summed E-state index contributed by atoms with van der Waals surface area (Å²) >= 11 is 0. The van der Waals surface area contributed by atoms with E-state index in [9.17, 15) is 24.3 Å². The fourth-order valence-electron chi connectivity index (χ4n) is 8.94. The van der Waals surface area contributed by atoms with Gasteiger partial charge in [-0.05, 0) is 47.6 Å². The lowest BCUT2D eigenvalue weighted by molar-refractivity contribution is -0.141. The molecule has 1 saturated carbocycles. The second-order valence-corrected chi connectivity index (χ2v) is 13.1. The molecule has 232 valence electrons. The van der Waals surface area contributed by atoms with Gasteiger partial charge in [-0.1, -0.05) is 121 Å². The standard InChI is InChI=1S/C41H33NO5/c43-34-19-11-10-18-29(34)37-28-20-21-30-36(40(47)42(39(30)46)24-25-12-4-1-5-13-25)32(28)22-33-38(45)31(26-14-6-2-7-15-26)23-35(44)41(33,37)27-16-8-3-9-17-27/h1-20,23,30,32-33,36-37,43H,21-22,24H2. The molecular weight excluding hydrogens is 586 g/mol. The number of rotatable bonds is 5. The number of fused-ring (bicyclic) bond motifs is 4. The maximum atomic E-state index is 15.0. The quantitative estimate of drug-likeness (QED) is 0.206. The molecule has 6 heteroatoms. The highest BCUT2D eigenvalue weighted by Gasteiger charge is 2.66. The zero-order chi connectivity index (χ0) is 32.3. The van der Waals surface area contributed by atoms with Crippen molar-refractivity contribution in [1.82, 2.24) is 4.90 Å². The zero-order valence-corrected chi connectivity index (χ0v) is 25.7. The van der Waals surface area contributed by atoms with Crippen LogP contribution in [-0.2, 0) is 31.1 Å². The van der Waals surface area contributed by atoms with E-state index in [0.717, 1.165) is 11.1 Å². The minimum absolute atomic E-state index is 0.0212. The molecular formula is C41H33NO5. The van der Waals surface area contributed by atoms with Crippen LogP contribution in [0.25, 0.3) is 5.57 Å². The van der Waals surface area contributed by atoms with E-state index >= 15 is 0 Å². The van der Waals surface area contributed by atoms with Gasteiger partial charge in [0.25, 0.3) is 0 Å². The molecule has 8 rings (SSSR count). The topological polar surface area (TPSA) is 91.8 Å². The summed E-state index contributed by atoms with van der Waals surface area (Å²) in [4.78, 5) is 59.4. The van der Waals surface area contributed by atoms with E-state index < -0.39 is 35.0 Å². The molecule has 4 aliphatic rings. The van der Waals surface area contributed by atoms with Gasteiger partial charge in [0.05, 0.1) is 23.8 Å². The third-order valence-corrected chi connectivity index (χ3v) is 10.9. The van der Waals surface area contributed by atoms with Crippen molar-refractivity contribution >= 4 is 29.0 Å². The Hall–Kier alpha value is -5.36. The Morgan fingerprint density at radius 1 is 0.723 bits per heavy atom. The maximum Gasteiger partial charge on any atom is 0.234 e. The third kappa shape index (κ3) is 4.31. The molecule has 6 atom stereocenters. The van der Waals surface area contributed by atoms with Crippen molar-refractivity contribution in [3.8, 4) is 5.75 Å².